The number of hydrogen-bond acceptors (Lipinski definition) is 4. The molecule has 0 radical (unpaired) electrons. The Morgan fingerprint density at radius 1 is 0.405 bits per heavy atom. The molecule has 0 saturated heterocycles. The fourth-order valence-corrected chi connectivity index (χ4v) is 3.49. The van der Waals surface area contributed by atoms with E-state index in [9.17, 15) is 43.9 Å². The molecule has 4 aromatic rings. The van der Waals surface area contributed by atoms with E-state index in [1.807, 2.05) is 0 Å². The predicted octanol–water partition coefficient (Wildman–Crippen LogP) is 8.12. The zero-order valence-corrected chi connectivity index (χ0v) is 20.6. The molecule has 0 spiro atoms. The number of nitriles is 2. The maximum Gasteiger partial charge on any atom is 0.200 e. The molecule has 0 bridgehead atoms. The first-order valence-corrected chi connectivity index (χ1v) is 11.4. The molecule has 0 heterocycles. The van der Waals surface area contributed by atoms with E-state index < -0.39 is 81.4 Å². The predicted molar refractivity (Wildman–Crippen MR) is 129 cm³/mol. The van der Waals surface area contributed by atoms with Crippen LogP contribution < -0.4 is 10.6 Å². The van der Waals surface area contributed by atoms with Gasteiger partial charge in [-0.05, 0) is 24.3 Å². The minimum atomic E-state index is -2.26. The summed E-state index contributed by atoms with van der Waals surface area (Å²) in [5, 5.41) is 22.7. The summed E-state index contributed by atoms with van der Waals surface area (Å²) in [7, 11) is 0. The summed E-state index contributed by atoms with van der Waals surface area (Å²) in [6.45, 7) is 0. The molecule has 0 aromatic heterocycles. The Kier molecular flexibility index (Phi) is 9.99. The van der Waals surface area contributed by atoms with Crippen LogP contribution in [0.1, 0.15) is 23.2 Å². The summed E-state index contributed by atoms with van der Waals surface area (Å²) in [4.78, 5) is 0. The van der Waals surface area contributed by atoms with Crippen LogP contribution in [0.15, 0.2) is 60.7 Å². The first-order chi connectivity index (χ1) is 19.9. The van der Waals surface area contributed by atoms with E-state index in [-0.39, 0.29) is 0 Å². The van der Waals surface area contributed by atoms with Crippen molar-refractivity contribution in [3.8, 4) is 12.1 Å². The number of nitrogens with one attached hydrogen (secondary N) is 2. The summed E-state index contributed by atoms with van der Waals surface area (Å²) in [6, 6.07) is 15.1. The first kappa shape index (κ1) is 31.3. The lowest BCUT2D eigenvalue weighted by molar-refractivity contribution is 0.369. The van der Waals surface area contributed by atoms with Gasteiger partial charge >= 0.3 is 0 Å². The molecule has 0 aliphatic heterocycles. The molecule has 14 heteroatoms. The van der Waals surface area contributed by atoms with Crippen LogP contribution in [0.3, 0.4) is 0 Å². The summed E-state index contributed by atoms with van der Waals surface area (Å²) in [5.74, 6) is -21.0. The number of nitrogens with zero attached hydrogens (tertiary/aromatic N) is 2. The molecule has 4 aromatic carbocycles. The minimum absolute atomic E-state index is 0.299. The van der Waals surface area contributed by atoms with E-state index in [4.69, 9.17) is 10.5 Å². The molecule has 4 nitrogen and oxygen atoms in total. The van der Waals surface area contributed by atoms with Gasteiger partial charge in [0.15, 0.2) is 46.5 Å². The maximum atomic E-state index is 13.6. The lowest BCUT2D eigenvalue weighted by Gasteiger charge is -2.15. The monoisotopic (exact) mass is 596 g/mol. The standard InChI is InChI=1S/2C14H7F5N2/c2*15-10-9(11(16)13(18)14(19)12(10)17)8(6-20)21-7-4-2-1-3-5-7/h2*1-5,8,21H/t2*8-/m10/s1. The van der Waals surface area contributed by atoms with E-state index in [2.05, 4.69) is 10.6 Å². The Bertz CT molecular complexity index is 1490. The van der Waals surface area contributed by atoms with Crippen molar-refractivity contribution >= 4 is 11.4 Å². The normalized spacial score (nSPS) is 11.8. The quantitative estimate of drug-likeness (QED) is 0.134. The van der Waals surface area contributed by atoms with Crippen molar-refractivity contribution in [2.45, 2.75) is 12.1 Å². The molecule has 0 unspecified atom stereocenters. The molecular formula is C28H14F10N4. The van der Waals surface area contributed by atoms with Gasteiger partial charge in [-0.25, -0.2) is 43.9 Å². The fraction of sp³-hybridized carbons (Fsp3) is 0.0714. The third kappa shape index (κ3) is 6.39. The number of hydrogen-bond donors (Lipinski definition) is 2. The van der Waals surface area contributed by atoms with Crippen LogP contribution in [-0.2, 0) is 0 Å². The van der Waals surface area contributed by atoms with E-state index in [0.717, 1.165) is 0 Å². The van der Waals surface area contributed by atoms with Gasteiger partial charge in [0.1, 0.15) is 12.1 Å². The summed E-state index contributed by atoms with van der Waals surface area (Å²) in [6.07, 6.45) is 0. The van der Waals surface area contributed by atoms with Crippen molar-refractivity contribution in [1.29, 1.82) is 10.5 Å². The third-order valence-electron chi connectivity index (χ3n) is 5.49. The number of anilines is 2. The van der Waals surface area contributed by atoms with Gasteiger partial charge in [-0.2, -0.15) is 10.5 Å². The Balaban J connectivity index is 0.000000230. The van der Waals surface area contributed by atoms with Crippen molar-refractivity contribution in [3.05, 3.63) is 130 Å². The Labute approximate surface area is 231 Å². The molecule has 0 fully saturated rings. The van der Waals surface area contributed by atoms with Crippen LogP contribution in [0.25, 0.3) is 0 Å². The number of halogens is 10. The number of para-hydroxylation sites is 2. The van der Waals surface area contributed by atoms with Crippen LogP contribution in [0.2, 0.25) is 0 Å². The summed E-state index contributed by atoms with van der Waals surface area (Å²) < 4.78 is 133. The zero-order valence-electron chi connectivity index (χ0n) is 20.6. The van der Waals surface area contributed by atoms with Crippen molar-refractivity contribution in [2.75, 3.05) is 10.6 Å². The van der Waals surface area contributed by atoms with E-state index >= 15 is 0 Å². The lowest BCUT2D eigenvalue weighted by atomic mass is 10.0. The SMILES string of the molecule is N#C[C@@H](Nc1ccccc1)c1c(F)c(F)c(F)c(F)c1F.N#C[C@H](Nc1ccccc1)c1c(F)c(F)c(F)c(F)c1F. The molecule has 2 atom stereocenters. The average Bonchev–Trinajstić information content (AvgIpc) is 3.01. The van der Waals surface area contributed by atoms with E-state index in [0.29, 0.717) is 11.4 Å². The summed E-state index contributed by atoms with van der Waals surface area (Å²) >= 11 is 0. The lowest BCUT2D eigenvalue weighted by Crippen LogP contribution is -2.16. The van der Waals surface area contributed by atoms with Gasteiger partial charge in [0, 0.05) is 11.4 Å². The molecule has 0 aliphatic rings. The highest BCUT2D eigenvalue weighted by atomic mass is 19.2. The van der Waals surface area contributed by atoms with Crippen molar-refractivity contribution in [1.82, 2.24) is 0 Å². The second kappa shape index (κ2) is 13.4. The third-order valence-corrected chi connectivity index (χ3v) is 5.49. The van der Waals surface area contributed by atoms with E-state index in [1.54, 1.807) is 36.4 Å². The Hall–Kier alpha value is -5.24. The zero-order chi connectivity index (χ0) is 31.1. The van der Waals surface area contributed by atoms with Gasteiger partial charge in [0.05, 0.1) is 23.3 Å². The smallest absolute Gasteiger partial charge is 0.200 e. The van der Waals surface area contributed by atoms with Gasteiger partial charge < -0.3 is 10.6 Å². The second-order valence-corrected chi connectivity index (χ2v) is 8.11. The van der Waals surface area contributed by atoms with Gasteiger partial charge in [-0.3, -0.25) is 0 Å². The molecule has 2 N–H and O–H groups in total. The van der Waals surface area contributed by atoms with Crippen molar-refractivity contribution in [3.63, 3.8) is 0 Å². The fourth-order valence-electron chi connectivity index (χ4n) is 3.49. The molecular weight excluding hydrogens is 582 g/mol. The van der Waals surface area contributed by atoms with Crippen LogP contribution in [0.4, 0.5) is 55.3 Å². The van der Waals surface area contributed by atoms with Crippen LogP contribution in [-0.4, -0.2) is 0 Å². The average molecular weight is 596 g/mol. The van der Waals surface area contributed by atoms with Crippen LogP contribution in [0, 0.1) is 80.8 Å². The number of benzene rings is 4. The molecule has 0 amide bonds. The molecule has 216 valence electrons. The Morgan fingerprint density at radius 2 is 0.643 bits per heavy atom. The van der Waals surface area contributed by atoms with Gasteiger partial charge in [0.25, 0.3) is 0 Å². The second-order valence-electron chi connectivity index (χ2n) is 8.11. The molecule has 4 rings (SSSR count). The molecule has 42 heavy (non-hydrogen) atoms. The highest BCUT2D eigenvalue weighted by Crippen LogP contribution is 2.31. The van der Waals surface area contributed by atoms with Crippen LogP contribution >= 0.6 is 0 Å². The number of rotatable bonds is 6. The van der Waals surface area contributed by atoms with Gasteiger partial charge in [-0.1, -0.05) is 36.4 Å². The Morgan fingerprint density at radius 3 is 0.881 bits per heavy atom. The molecule has 0 aliphatic carbocycles. The first-order valence-electron chi connectivity index (χ1n) is 11.4. The van der Waals surface area contributed by atoms with E-state index in [1.165, 1.54) is 36.4 Å². The van der Waals surface area contributed by atoms with Crippen molar-refractivity contribution in [2.24, 2.45) is 0 Å². The van der Waals surface area contributed by atoms with Crippen LogP contribution in [0.5, 0.6) is 0 Å². The topological polar surface area (TPSA) is 71.6 Å². The van der Waals surface area contributed by atoms with Gasteiger partial charge in [-0.15, -0.1) is 0 Å². The minimum Gasteiger partial charge on any atom is -0.366 e. The summed E-state index contributed by atoms with van der Waals surface area (Å²) in [5.41, 5.74) is -1.82. The van der Waals surface area contributed by atoms with Gasteiger partial charge in [0.2, 0.25) is 11.6 Å². The van der Waals surface area contributed by atoms with Crippen molar-refractivity contribution < 1.29 is 43.9 Å². The largest absolute Gasteiger partial charge is 0.366 e. The molecule has 0 saturated carbocycles. The highest BCUT2D eigenvalue weighted by molar-refractivity contribution is 5.49. The maximum absolute atomic E-state index is 13.6. The highest BCUT2D eigenvalue weighted by Gasteiger charge is 2.31.